The standard InChI is InChI=1S/C20H23F3N2O4S/c1-3-29-18-12-7-6-11-17(18)25(30(2,27)28)14-8-13-19(26)24-16-10-5-4-9-15(16)20(21,22)23/h4-7,9-12H,3,8,13-14H2,1-2H3,(H,24,26). The molecule has 0 heterocycles. The number of carbonyl (C=O) groups is 1. The number of amides is 1. The number of nitrogens with one attached hydrogen (secondary N) is 1. The largest absolute Gasteiger partial charge is 0.492 e. The summed E-state index contributed by atoms with van der Waals surface area (Å²) in [5.41, 5.74) is -0.942. The second-order valence-corrected chi connectivity index (χ2v) is 8.34. The van der Waals surface area contributed by atoms with E-state index in [4.69, 9.17) is 4.74 Å². The van der Waals surface area contributed by atoms with Crippen LogP contribution in [-0.4, -0.2) is 33.7 Å². The fraction of sp³-hybridized carbons (Fsp3) is 0.350. The molecule has 1 amide bonds. The van der Waals surface area contributed by atoms with Crippen molar-refractivity contribution in [3.63, 3.8) is 0 Å². The Morgan fingerprint density at radius 1 is 1.10 bits per heavy atom. The highest BCUT2D eigenvalue weighted by atomic mass is 32.2. The smallest absolute Gasteiger partial charge is 0.418 e. The molecule has 0 spiro atoms. The number of hydrogen-bond donors (Lipinski definition) is 1. The summed E-state index contributed by atoms with van der Waals surface area (Å²) in [6, 6.07) is 11.3. The normalized spacial score (nSPS) is 11.8. The Bertz CT molecular complexity index is 978. The molecule has 0 saturated heterocycles. The maximum Gasteiger partial charge on any atom is 0.418 e. The summed E-state index contributed by atoms with van der Waals surface area (Å²) in [5.74, 6) is -0.257. The summed E-state index contributed by atoms with van der Waals surface area (Å²) in [4.78, 5) is 12.2. The van der Waals surface area contributed by atoms with Gasteiger partial charge in [0, 0.05) is 13.0 Å². The fourth-order valence-corrected chi connectivity index (χ4v) is 3.81. The van der Waals surface area contributed by atoms with Gasteiger partial charge in [0.05, 0.1) is 29.8 Å². The molecule has 0 fully saturated rings. The summed E-state index contributed by atoms with van der Waals surface area (Å²) in [6.07, 6.45) is -3.61. The van der Waals surface area contributed by atoms with Crippen molar-refractivity contribution in [1.29, 1.82) is 0 Å². The Morgan fingerprint density at radius 3 is 2.37 bits per heavy atom. The summed E-state index contributed by atoms with van der Waals surface area (Å²) in [5, 5.41) is 2.25. The minimum absolute atomic E-state index is 0.0305. The molecule has 2 aromatic rings. The highest BCUT2D eigenvalue weighted by molar-refractivity contribution is 7.92. The Labute approximate surface area is 173 Å². The highest BCUT2D eigenvalue weighted by Crippen LogP contribution is 2.34. The molecule has 164 valence electrons. The molecule has 2 rings (SSSR count). The van der Waals surface area contributed by atoms with Crippen molar-refractivity contribution in [2.24, 2.45) is 0 Å². The number of anilines is 2. The lowest BCUT2D eigenvalue weighted by molar-refractivity contribution is -0.137. The summed E-state index contributed by atoms with van der Waals surface area (Å²) >= 11 is 0. The molecule has 0 unspecified atom stereocenters. The molecule has 1 N–H and O–H groups in total. The molecule has 0 radical (unpaired) electrons. The maximum absolute atomic E-state index is 13.0. The lowest BCUT2D eigenvalue weighted by Crippen LogP contribution is -2.32. The van der Waals surface area contributed by atoms with Gasteiger partial charge in [-0.2, -0.15) is 13.2 Å². The third-order valence-electron chi connectivity index (χ3n) is 4.11. The number of rotatable bonds is 9. The van der Waals surface area contributed by atoms with Crippen LogP contribution in [0.25, 0.3) is 0 Å². The molecule has 0 aliphatic rings. The molecule has 0 bridgehead atoms. The van der Waals surface area contributed by atoms with E-state index in [0.717, 1.165) is 16.6 Å². The molecule has 6 nitrogen and oxygen atoms in total. The second kappa shape index (κ2) is 9.84. The van der Waals surface area contributed by atoms with Crippen molar-refractivity contribution in [2.45, 2.75) is 25.9 Å². The molecule has 2 aromatic carbocycles. The molecular formula is C20H23F3N2O4S. The van der Waals surface area contributed by atoms with Crippen molar-refractivity contribution in [3.8, 4) is 5.75 Å². The predicted octanol–water partition coefficient (Wildman–Crippen LogP) is 4.29. The van der Waals surface area contributed by atoms with Gasteiger partial charge in [0.15, 0.2) is 0 Å². The lowest BCUT2D eigenvalue weighted by atomic mass is 10.1. The van der Waals surface area contributed by atoms with Crippen LogP contribution < -0.4 is 14.4 Å². The van der Waals surface area contributed by atoms with Crippen LogP contribution in [-0.2, 0) is 21.0 Å². The average molecular weight is 444 g/mol. The van der Waals surface area contributed by atoms with Crippen molar-refractivity contribution in [3.05, 3.63) is 54.1 Å². The van der Waals surface area contributed by atoms with E-state index in [2.05, 4.69) is 5.32 Å². The topological polar surface area (TPSA) is 75.7 Å². The quantitative estimate of drug-likeness (QED) is 0.626. The summed E-state index contributed by atoms with van der Waals surface area (Å²) in [7, 11) is -3.67. The van der Waals surface area contributed by atoms with Crippen LogP contribution in [0.4, 0.5) is 24.5 Å². The van der Waals surface area contributed by atoms with Crippen LogP contribution in [0.3, 0.4) is 0 Å². The van der Waals surface area contributed by atoms with Gasteiger partial charge in [0.1, 0.15) is 5.75 Å². The van der Waals surface area contributed by atoms with Crippen LogP contribution in [0.1, 0.15) is 25.3 Å². The van der Waals surface area contributed by atoms with Crippen LogP contribution in [0.2, 0.25) is 0 Å². The monoisotopic (exact) mass is 444 g/mol. The first-order chi connectivity index (χ1) is 14.0. The average Bonchev–Trinajstić information content (AvgIpc) is 2.65. The van der Waals surface area contributed by atoms with Gasteiger partial charge in [-0.25, -0.2) is 8.42 Å². The molecule has 0 aliphatic carbocycles. The van der Waals surface area contributed by atoms with E-state index in [1.807, 2.05) is 0 Å². The van der Waals surface area contributed by atoms with Crippen molar-refractivity contribution < 1.29 is 31.1 Å². The number of halogens is 3. The van der Waals surface area contributed by atoms with Crippen molar-refractivity contribution >= 4 is 27.3 Å². The number of benzene rings is 2. The van der Waals surface area contributed by atoms with Gasteiger partial charge in [0.25, 0.3) is 0 Å². The zero-order valence-corrected chi connectivity index (χ0v) is 17.4. The highest BCUT2D eigenvalue weighted by Gasteiger charge is 2.33. The minimum atomic E-state index is -4.60. The molecule has 0 aromatic heterocycles. The van der Waals surface area contributed by atoms with E-state index < -0.39 is 27.7 Å². The van der Waals surface area contributed by atoms with Crippen molar-refractivity contribution in [2.75, 3.05) is 29.0 Å². The number of para-hydroxylation sites is 3. The number of carbonyl (C=O) groups excluding carboxylic acids is 1. The predicted molar refractivity (Wildman–Crippen MR) is 109 cm³/mol. The minimum Gasteiger partial charge on any atom is -0.492 e. The van der Waals surface area contributed by atoms with Crippen LogP contribution in [0.15, 0.2) is 48.5 Å². The van der Waals surface area contributed by atoms with Crippen LogP contribution in [0, 0.1) is 0 Å². The number of ether oxygens (including phenoxy) is 1. The Balaban J connectivity index is 2.08. The number of hydrogen-bond acceptors (Lipinski definition) is 4. The second-order valence-electron chi connectivity index (χ2n) is 6.43. The fourth-order valence-electron chi connectivity index (χ4n) is 2.84. The lowest BCUT2D eigenvalue weighted by Gasteiger charge is -2.24. The zero-order valence-electron chi connectivity index (χ0n) is 16.6. The molecule has 0 atom stereocenters. The van der Waals surface area contributed by atoms with E-state index >= 15 is 0 Å². The number of sulfonamides is 1. The first-order valence-corrected chi connectivity index (χ1v) is 11.0. The zero-order chi connectivity index (χ0) is 22.4. The first-order valence-electron chi connectivity index (χ1n) is 9.19. The van der Waals surface area contributed by atoms with E-state index in [1.165, 1.54) is 18.2 Å². The molecule has 30 heavy (non-hydrogen) atoms. The summed E-state index contributed by atoms with van der Waals surface area (Å²) < 4.78 is 70.2. The molecule has 0 saturated carbocycles. The van der Waals surface area contributed by atoms with Gasteiger partial charge in [-0.05, 0) is 37.6 Å². The van der Waals surface area contributed by atoms with E-state index in [1.54, 1.807) is 31.2 Å². The van der Waals surface area contributed by atoms with E-state index in [9.17, 15) is 26.4 Å². The van der Waals surface area contributed by atoms with Crippen LogP contribution in [0.5, 0.6) is 5.75 Å². The van der Waals surface area contributed by atoms with Gasteiger partial charge in [0.2, 0.25) is 15.9 Å². The maximum atomic E-state index is 13.0. The Hall–Kier alpha value is -2.75. The van der Waals surface area contributed by atoms with Gasteiger partial charge >= 0.3 is 6.18 Å². The van der Waals surface area contributed by atoms with Crippen molar-refractivity contribution in [1.82, 2.24) is 0 Å². The summed E-state index contributed by atoms with van der Waals surface area (Å²) in [6.45, 7) is 2.08. The SMILES string of the molecule is CCOc1ccccc1N(CCCC(=O)Nc1ccccc1C(F)(F)F)S(C)(=O)=O. The molecule has 10 heteroatoms. The Morgan fingerprint density at radius 2 is 1.73 bits per heavy atom. The molecule has 0 aliphatic heterocycles. The van der Waals surface area contributed by atoms with E-state index in [-0.39, 0.29) is 25.1 Å². The van der Waals surface area contributed by atoms with Gasteiger partial charge in [-0.3, -0.25) is 9.10 Å². The first kappa shape index (κ1) is 23.5. The van der Waals surface area contributed by atoms with Crippen LogP contribution >= 0.6 is 0 Å². The third kappa shape index (κ3) is 6.38. The van der Waals surface area contributed by atoms with E-state index in [0.29, 0.717) is 18.0 Å². The Kier molecular flexibility index (Phi) is 7.71. The number of alkyl halides is 3. The van der Waals surface area contributed by atoms with Gasteiger partial charge in [-0.1, -0.05) is 24.3 Å². The third-order valence-corrected chi connectivity index (χ3v) is 5.29. The van der Waals surface area contributed by atoms with Gasteiger partial charge < -0.3 is 10.1 Å². The molecular weight excluding hydrogens is 421 g/mol. The number of nitrogens with zero attached hydrogens (tertiary/aromatic N) is 1. The van der Waals surface area contributed by atoms with Gasteiger partial charge in [-0.15, -0.1) is 0 Å².